The number of anilines is 2. The van der Waals surface area contributed by atoms with Crippen molar-refractivity contribution in [1.29, 1.82) is 0 Å². The SMILES string of the molecule is CC(=O)NC[C@H]1CN(c2ccc(N3CCN(C(=O)CNC(N)=S)CC3)c(F)c2)C(=O)O1. The van der Waals surface area contributed by atoms with Gasteiger partial charge in [-0.1, -0.05) is 0 Å². The standard InChI is InChI=1S/C19H25FN6O4S/c1-12(27)22-9-14-11-26(19(29)30-14)13-2-3-16(15(20)8-13)24-4-6-25(7-5-24)17(28)10-23-18(21)31/h2-3,8,14H,4-7,9-11H2,1H3,(H,22,27)(H3,21,23,31)/t14-/m0/s1. The van der Waals surface area contributed by atoms with Crippen molar-refractivity contribution in [2.75, 3.05) is 55.6 Å². The van der Waals surface area contributed by atoms with Gasteiger partial charge in [0.1, 0.15) is 11.9 Å². The van der Waals surface area contributed by atoms with Crippen LogP contribution in [0.3, 0.4) is 0 Å². The lowest BCUT2D eigenvalue weighted by Gasteiger charge is -2.36. The Kier molecular flexibility index (Phi) is 7.10. The number of nitrogens with two attached hydrogens (primary N) is 1. The molecule has 10 nitrogen and oxygen atoms in total. The minimum absolute atomic E-state index is 0.0350. The molecule has 1 atom stereocenters. The van der Waals surface area contributed by atoms with Crippen LogP contribution in [0.2, 0.25) is 0 Å². The molecule has 12 heteroatoms. The molecule has 4 N–H and O–H groups in total. The summed E-state index contributed by atoms with van der Waals surface area (Å²) in [6.45, 7) is 3.68. The molecule has 2 fully saturated rings. The Balaban J connectivity index is 1.58. The number of cyclic esters (lactones) is 1. The van der Waals surface area contributed by atoms with Crippen LogP contribution in [0.1, 0.15) is 6.92 Å². The van der Waals surface area contributed by atoms with E-state index in [1.807, 2.05) is 4.90 Å². The Bertz CT molecular complexity index is 877. The molecule has 0 saturated carbocycles. The molecular formula is C19H25FN6O4S. The van der Waals surface area contributed by atoms with Crippen LogP contribution >= 0.6 is 12.2 Å². The minimum Gasteiger partial charge on any atom is -0.442 e. The molecule has 1 aromatic rings. The number of piperazine rings is 1. The van der Waals surface area contributed by atoms with Gasteiger partial charge < -0.3 is 30.9 Å². The molecule has 3 rings (SSSR count). The zero-order chi connectivity index (χ0) is 22.5. The van der Waals surface area contributed by atoms with Crippen LogP contribution < -0.4 is 26.2 Å². The Hall–Kier alpha value is -3.15. The van der Waals surface area contributed by atoms with Crippen molar-refractivity contribution in [1.82, 2.24) is 15.5 Å². The lowest BCUT2D eigenvalue weighted by Crippen LogP contribution is -2.51. The summed E-state index contributed by atoms with van der Waals surface area (Å²) < 4.78 is 20.1. The highest BCUT2D eigenvalue weighted by molar-refractivity contribution is 7.80. The van der Waals surface area contributed by atoms with Gasteiger partial charge in [-0.25, -0.2) is 9.18 Å². The summed E-state index contributed by atoms with van der Waals surface area (Å²) in [5.41, 5.74) is 6.12. The van der Waals surface area contributed by atoms with Gasteiger partial charge in [0.2, 0.25) is 11.8 Å². The molecule has 2 aliphatic rings. The van der Waals surface area contributed by atoms with Crippen LogP contribution in [-0.2, 0) is 14.3 Å². The van der Waals surface area contributed by atoms with E-state index < -0.39 is 18.0 Å². The number of carbonyl (C=O) groups is 3. The van der Waals surface area contributed by atoms with Gasteiger partial charge in [0.05, 0.1) is 31.0 Å². The molecular weight excluding hydrogens is 427 g/mol. The van der Waals surface area contributed by atoms with E-state index in [0.29, 0.717) is 37.6 Å². The third-order valence-corrected chi connectivity index (χ3v) is 5.23. The number of hydrogen-bond donors (Lipinski definition) is 3. The second-order valence-electron chi connectivity index (χ2n) is 7.27. The Labute approximate surface area is 184 Å². The van der Waals surface area contributed by atoms with Crippen molar-refractivity contribution in [2.45, 2.75) is 13.0 Å². The molecule has 0 radical (unpaired) electrons. The number of thiocarbonyl (C=S) groups is 1. The summed E-state index contributed by atoms with van der Waals surface area (Å²) in [6, 6.07) is 4.57. The molecule has 2 aliphatic heterocycles. The molecule has 0 spiro atoms. The van der Waals surface area contributed by atoms with Gasteiger partial charge in [0.15, 0.2) is 5.11 Å². The lowest BCUT2D eigenvalue weighted by molar-refractivity contribution is -0.130. The number of halogens is 1. The van der Waals surface area contributed by atoms with Crippen molar-refractivity contribution in [3.63, 3.8) is 0 Å². The first-order chi connectivity index (χ1) is 14.7. The smallest absolute Gasteiger partial charge is 0.414 e. The predicted octanol–water partition coefficient (Wildman–Crippen LogP) is -0.231. The maximum Gasteiger partial charge on any atom is 0.414 e. The molecule has 0 aliphatic carbocycles. The van der Waals surface area contributed by atoms with Gasteiger partial charge in [-0.3, -0.25) is 14.5 Å². The van der Waals surface area contributed by atoms with E-state index in [4.69, 9.17) is 22.7 Å². The van der Waals surface area contributed by atoms with Gasteiger partial charge in [-0.2, -0.15) is 0 Å². The van der Waals surface area contributed by atoms with E-state index in [0.717, 1.165) is 0 Å². The van der Waals surface area contributed by atoms with E-state index in [-0.39, 0.29) is 36.6 Å². The van der Waals surface area contributed by atoms with Crippen LogP contribution in [0.25, 0.3) is 0 Å². The Morgan fingerprint density at radius 1 is 1.26 bits per heavy atom. The van der Waals surface area contributed by atoms with Gasteiger partial charge in [0.25, 0.3) is 0 Å². The van der Waals surface area contributed by atoms with Crippen LogP contribution in [0, 0.1) is 5.82 Å². The number of amides is 3. The average Bonchev–Trinajstić information content (AvgIpc) is 3.11. The van der Waals surface area contributed by atoms with Crippen molar-refractivity contribution < 1.29 is 23.5 Å². The molecule has 2 saturated heterocycles. The van der Waals surface area contributed by atoms with Gasteiger partial charge in [-0.15, -0.1) is 0 Å². The highest BCUT2D eigenvalue weighted by atomic mass is 32.1. The summed E-state index contributed by atoms with van der Waals surface area (Å²) in [7, 11) is 0. The summed E-state index contributed by atoms with van der Waals surface area (Å²) in [6.07, 6.45) is -1.08. The predicted molar refractivity (Wildman–Crippen MR) is 116 cm³/mol. The molecule has 0 unspecified atom stereocenters. The van der Waals surface area contributed by atoms with Gasteiger partial charge in [0, 0.05) is 33.1 Å². The van der Waals surface area contributed by atoms with E-state index in [1.165, 1.54) is 17.9 Å². The van der Waals surface area contributed by atoms with Crippen molar-refractivity contribution in [3.05, 3.63) is 24.0 Å². The zero-order valence-electron chi connectivity index (χ0n) is 17.1. The van der Waals surface area contributed by atoms with Crippen LogP contribution in [0.15, 0.2) is 18.2 Å². The third kappa shape index (κ3) is 5.72. The number of carbonyl (C=O) groups excluding carboxylic acids is 3. The summed E-state index contributed by atoms with van der Waals surface area (Å²) >= 11 is 4.70. The fourth-order valence-corrected chi connectivity index (χ4v) is 3.56. The molecule has 3 amide bonds. The van der Waals surface area contributed by atoms with E-state index in [1.54, 1.807) is 17.0 Å². The maximum atomic E-state index is 14.8. The fraction of sp³-hybridized carbons (Fsp3) is 0.474. The fourth-order valence-electron chi connectivity index (χ4n) is 3.49. The van der Waals surface area contributed by atoms with Crippen molar-refractivity contribution in [2.24, 2.45) is 5.73 Å². The number of nitrogens with zero attached hydrogens (tertiary/aromatic N) is 3. The quantitative estimate of drug-likeness (QED) is 0.507. The second-order valence-corrected chi connectivity index (χ2v) is 7.71. The van der Waals surface area contributed by atoms with Crippen molar-refractivity contribution in [3.8, 4) is 0 Å². The van der Waals surface area contributed by atoms with E-state index in [9.17, 15) is 18.8 Å². The molecule has 31 heavy (non-hydrogen) atoms. The zero-order valence-corrected chi connectivity index (χ0v) is 17.9. The summed E-state index contributed by atoms with van der Waals surface area (Å²) in [5, 5.41) is 5.30. The maximum absolute atomic E-state index is 14.8. The number of rotatable bonds is 6. The highest BCUT2D eigenvalue weighted by Gasteiger charge is 2.33. The average molecular weight is 453 g/mol. The molecule has 1 aromatic carbocycles. The molecule has 0 bridgehead atoms. The largest absolute Gasteiger partial charge is 0.442 e. The second kappa shape index (κ2) is 9.77. The minimum atomic E-state index is -0.583. The van der Waals surface area contributed by atoms with Crippen LogP contribution in [-0.4, -0.2) is 79.8 Å². The first kappa shape index (κ1) is 22.5. The number of hydrogen-bond acceptors (Lipinski definition) is 6. The monoisotopic (exact) mass is 452 g/mol. The first-order valence-corrected chi connectivity index (χ1v) is 10.2. The first-order valence-electron chi connectivity index (χ1n) is 9.82. The van der Waals surface area contributed by atoms with E-state index in [2.05, 4.69) is 10.6 Å². The Morgan fingerprint density at radius 3 is 2.58 bits per heavy atom. The normalized spacial score (nSPS) is 18.6. The number of benzene rings is 1. The number of nitrogens with one attached hydrogen (secondary N) is 2. The van der Waals surface area contributed by atoms with E-state index >= 15 is 0 Å². The van der Waals surface area contributed by atoms with Gasteiger partial charge in [-0.05, 0) is 30.4 Å². The topological polar surface area (TPSA) is 120 Å². The summed E-state index contributed by atoms with van der Waals surface area (Å²) in [5.74, 6) is -0.805. The van der Waals surface area contributed by atoms with Gasteiger partial charge >= 0.3 is 6.09 Å². The van der Waals surface area contributed by atoms with Crippen LogP contribution in [0.4, 0.5) is 20.6 Å². The molecule has 2 heterocycles. The Morgan fingerprint density at radius 2 is 1.97 bits per heavy atom. The summed E-state index contributed by atoms with van der Waals surface area (Å²) in [4.78, 5) is 40.1. The third-order valence-electron chi connectivity index (χ3n) is 5.08. The molecule has 168 valence electrons. The van der Waals surface area contributed by atoms with Crippen LogP contribution in [0.5, 0.6) is 0 Å². The van der Waals surface area contributed by atoms with Crippen molar-refractivity contribution >= 4 is 46.6 Å². The highest BCUT2D eigenvalue weighted by Crippen LogP contribution is 2.28. The number of ether oxygens (including phenoxy) is 1. The molecule has 0 aromatic heterocycles. The lowest BCUT2D eigenvalue weighted by atomic mass is 10.2.